The fourth-order valence-corrected chi connectivity index (χ4v) is 0.733. The van der Waals surface area contributed by atoms with Crippen molar-refractivity contribution < 1.29 is 10.2 Å². The maximum atomic E-state index is 11.0. The highest BCUT2D eigenvalue weighted by Gasteiger charge is 2.07. The lowest BCUT2D eigenvalue weighted by Gasteiger charge is -2.06. The lowest BCUT2D eigenvalue weighted by Crippen LogP contribution is -2.40. The van der Waals surface area contributed by atoms with Crippen molar-refractivity contribution in [3.05, 3.63) is 27.0 Å². The van der Waals surface area contributed by atoms with Gasteiger partial charge in [0.2, 0.25) is 0 Å². The van der Waals surface area contributed by atoms with Gasteiger partial charge in [-0.25, -0.2) is 4.68 Å². The summed E-state index contributed by atoms with van der Waals surface area (Å²) in [5.41, 5.74) is -1.74. The van der Waals surface area contributed by atoms with Crippen molar-refractivity contribution >= 4 is 0 Å². The summed E-state index contributed by atoms with van der Waals surface area (Å²) in [5, 5.41) is 20.8. The van der Waals surface area contributed by atoms with Crippen molar-refractivity contribution in [3.8, 4) is 0 Å². The zero-order valence-electron chi connectivity index (χ0n) is 6.60. The van der Waals surface area contributed by atoms with Crippen LogP contribution in [-0.2, 0) is 6.54 Å². The minimum absolute atomic E-state index is 0.226. The molecule has 7 heteroatoms. The maximum absolute atomic E-state index is 11.0. The van der Waals surface area contributed by atoms with Crippen molar-refractivity contribution in [1.82, 2.24) is 14.8 Å². The monoisotopic (exact) mass is 186 g/mol. The largest absolute Gasteiger partial charge is 0.394 e. The van der Waals surface area contributed by atoms with Crippen LogP contribution in [-0.4, -0.2) is 37.7 Å². The van der Waals surface area contributed by atoms with Crippen molar-refractivity contribution in [3.63, 3.8) is 0 Å². The minimum atomic E-state index is -1.11. The van der Waals surface area contributed by atoms with Gasteiger partial charge in [-0.05, 0) is 0 Å². The molecule has 1 heterocycles. The van der Waals surface area contributed by atoms with Gasteiger partial charge in [0.15, 0.2) is 6.33 Å². The van der Waals surface area contributed by atoms with E-state index in [2.05, 4.69) is 11.4 Å². The molecule has 0 saturated heterocycles. The van der Waals surface area contributed by atoms with Gasteiger partial charge in [0.05, 0.1) is 19.3 Å². The second kappa shape index (κ2) is 3.97. The molecule has 1 aromatic rings. The third-order valence-electron chi connectivity index (χ3n) is 1.36. The average Bonchev–Trinajstić information content (AvgIpc) is 2.13. The predicted molar refractivity (Wildman–Crippen MR) is 41.0 cm³/mol. The Bertz CT molecular complexity index is 382. The van der Waals surface area contributed by atoms with E-state index in [1.165, 1.54) is 0 Å². The van der Waals surface area contributed by atoms with E-state index in [4.69, 9.17) is 10.2 Å². The summed E-state index contributed by atoms with van der Waals surface area (Å²) < 4.78 is 0.736. The molecule has 0 amide bonds. The number of aromatic nitrogens is 3. The summed E-state index contributed by atoms with van der Waals surface area (Å²) in [6.07, 6.45) is 0.972. The molecule has 1 atom stereocenters. The average molecular weight is 186 g/mol. The highest BCUT2D eigenvalue weighted by molar-refractivity contribution is 4.72. The van der Waals surface area contributed by atoms with Gasteiger partial charge in [-0.3, -0.25) is 14.6 Å². The second-order valence-electron chi connectivity index (χ2n) is 2.39. The summed E-state index contributed by atoms with van der Waals surface area (Å²) in [6.45, 7) is -0.726. The van der Waals surface area contributed by atoms with Crippen LogP contribution in [0.3, 0.4) is 0 Å². The number of rotatable bonds is 3. The molecule has 71 valence electrons. The van der Waals surface area contributed by atoms with E-state index in [1.807, 2.05) is 4.98 Å². The molecule has 0 bridgehead atoms. The van der Waals surface area contributed by atoms with E-state index in [0.29, 0.717) is 0 Å². The normalized spacial score (nSPS) is 12.8. The number of aliphatic hydroxyl groups excluding tert-OH is 2. The van der Waals surface area contributed by atoms with Crippen LogP contribution in [0.15, 0.2) is 9.59 Å². The number of aliphatic hydroxyl groups is 2. The molecule has 0 aliphatic carbocycles. The van der Waals surface area contributed by atoms with E-state index in [1.54, 1.807) is 0 Å². The van der Waals surface area contributed by atoms with Crippen molar-refractivity contribution in [2.45, 2.75) is 12.6 Å². The first-order valence-electron chi connectivity index (χ1n) is 3.51. The zero-order chi connectivity index (χ0) is 9.84. The number of nitrogens with zero attached hydrogens (tertiary/aromatic N) is 2. The number of hydrogen-bond acceptors (Lipinski definition) is 5. The molecule has 7 nitrogen and oxygen atoms in total. The van der Waals surface area contributed by atoms with E-state index >= 15 is 0 Å². The third-order valence-corrected chi connectivity index (χ3v) is 1.36. The van der Waals surface area contributed by atoms with Crippen LogP contribution in [0.1, 0.15) is 0 Å². The number of nitrogens with one attached hydrogen (secondary N) is 1. The molecular formula is C6H8N3O4. The lowest BCUT2D eigenvalue weighted by atomic mass is 10.4. The van der Waals surface area contributed by atoms with E-state index < -0.39 is 23.8 Å². The standard InChI is InChI=1S/C6H8N3O4/c10-2-4(11)1-9-6(13)5(12)7-3-8-9/h4,10-11H,1-2H2,(H,7,8,12). The van der Waals surface area contributed by atoms with Crippen molar-refractivity contribution in [1.29, 1.82) is 0 Å². The van der Waals surface area contributed by atoms with Gasteiger partial charge in [0.25, 0.3) is 0 Å². The van der Waals surface area contributed by atoms with Gasteiger partial charge in [0.1, 0.15) is 0 Å². The van der Waals surface area contributed by atoms with Crippen molar-refractivity contribution in [2.24, 2.45) is 0 Å². The quantitative estimate of drug-likeness (QED) is 0.438. The highest BCUT2D eigenvalue weighted by Crippen LogP contribution is 1.82. The summed E-state index contributed by atoms with van der Waals surface area (Å²) in [7, 11) is 0. The van der Waals surface area contributed by atoms with Gasteiger partial charge in [-0.2, -0.15) is 0 Å². The topological polar surface area (TPSA) is 108 Å². The molecule has 1 rings (SSSR count). The lowest BCUT2D eigenvalue weighted by molar-refractivity contribution is 0.0766. The Hall–Kier alpha value is -1.47. The van der Waals surface area contributed by atoms with Gasteiger partial charge in [-0.15, -0.1) is 5.10 Å². The van der Waals surface area contributed by atoms with Crippen LogP contribution in [0.2, 0.25) is 0 Å². The predicted octanol–water partition coefficient (Wildman–Crippen LogP) is -2.92. The van der Waals surface area contributed by atoms with E-state index in [0.717, 1.165) is 4.68 Å². The molecule has 1 unspecified atom stereocenters. The SMILES string of the molecule is O=c1[nH][c]nn(CC(O)CO)c1=O. The smallest absolute Gasteiger partial charge is 0.332 e. The van der Waals surface area contributed by atoms with Crippen LogP contribution in [0, 0.1) is 6.33 Å². The molecule has 0 aliphatic heterocycles. The molecule has 1 radical (unpaired) electrons. The Kier molecular flexibility index (Phi) is 2.93. The number of hydrogen-bond donors (Lipinski definition) is 3. The summed E-state index contributed by atoms with van der Waals surface area (Å²) in [5.74, 6) is 0. The molecule has 13 heavy (non-hydrogen) atoms. The van der Waals surface area contributed by atoms with E-state index in [-0.39, 0.29) is 6.54 Å². The van der Waals surface area contributed by atoms with Gasteiger partial charge >= 0.3 is 11.1 Å². The van der Waals surface area contributed by atoms with E-state index in [9.17, 15) is 9.59 Å². The Morgan fingerprint density at radius 2 is 2.31 bits per heavy atom. The van der Waals surface area contributed by atoms with Crippen LogP contribution < -0.4 is 11.1 Å². The second-order valence-corrected chi connectivity index (χ2v) is 2.39. The molecule has 0 fully saturated rings. The Morgan fingerprint density at radius 3 is 2.92 bits per heavy atom. The highest BCUT2D eigenvalue weighted by atomic mass is 16.3. The molecule has 0 aromatic carbocycles. The van der Waals surface area contributed by atoms with Gasteiger partial charge in [-0.1, -0.05) is 0 Å². The minimum Gasteiger partial charge on any atom is -0.394 e. The van der Waals surface area contributed by atoms with Gasteiger partial charge in [0, 0.05) is 0 Å². The summed E-state index contributed by atoms with van der Waals surface area (Å²) >= 11 is 0. The van der Waals surface area contributed by atoms with Crippen molar-refractivity contribution in [2.75, 3.05) is 6.61 Å². The number of H-pyrrole nitrogens is 1. The zero-order valence-corrected chi connectivity index (χ0v) is 6.60. The fourth-order valence-electron chi connectivity index (χ4n) is 0.733. The van der Waals surface area contributed by atoms with Crippen LogP contribution >= 0.6 is 0 Å². The molecule has 0 saturated carbocycles. The van der Waals surface area contributed by atoms with Crippen LogP contribution in [0.5, 0.6) is 0 Å². The summed E-state index contributed by atoms with van der Waals surface area (Å²) in [4.78, 5) is 23.6. The molecule has 0 aliphatic rings. The number of aromatic amines is 1. The molecule has 3 N–H and O–H groups in total. The molecule has 1 aromatic heterocycles. The Morgan fingerprint density at radius 1 is 1.62 bits per heavy atom. The van der Waals surface area contributed by atoms with Gasteiger partial charge < -0.3 is 10.2 Å². The Balaban J connectivity index is 2.96. The van der Waals surface area contributed by atoms with Crippen LogP contribution in [0.4, 0.5) is 0 Å². The van der Waals surface area contributed by atoms with Crippen LogP contribution in [0.25, 0.3) is 0 Å². The molecule has 0 spiro atoms. The fraction of sp³-hybridized carbons (Fsp3) is 0.500. The first-order valence-corrected chi connectivity index (χ1v) is 3.51. The third kappa shape index (κ3) is 2.23. The summed E-state index contributed by atoms with van der Waals surface area (Å²) in [6, 6.07) is 0. The first-order chi connectivity index (χ1) is 6.15. The Labute approximate surface area is 72.3 Å². The maximum Gasteiger partial charge on any atom is 0.332 e. The first kappa shape index (κ1) is 9.62. The molecular weight excluding hydrogens is 178 g/mol.